The first-order chi connectivity index (χ1) is 16.3. The lowest BCUT2D eigenvalue weighted by molar-refractivity contribution is -0.138. The first-order valence-electron chi connectivity index (χ1n) is 11.3. The predicted molar refractivity (Wildman–Crippen MR) is 123 cm³/mol. The molecule has 0 saturated carbocycles. The molecule has 8 nitrogen and oxygen atoms in total. The normalized spacial score (nSPS) is 13.4. The maximum absolute atomic E-state index is 12.2. The molecule has 176 valence electrons. The van der Waals surface area contributed by atoms with Crippen molar-refractivity contribution >= 4 is 57.7 Å². The van der Waals surface area contributed by atoms with Crippen molar-refractivity contribution in [3.8, 4) is 0 Å². The van der Waals surface area contributed by atoms with E-state index in [2.05, 4.69) is 0 Å². The highest BCUT2D eigenvalue weighted by Gasteiger charge is 2.37. The van der Waals surface area contributed by atoms with Crippen molar-refractivity contribution in [1.29, 1.82) is 0 Å². The van der Waals surface area contributed by atoms with Crippen LogP contribution in [0.4, 0.5) is 0 Å². The van der Waals surface area contributed by atoms with Crippen molar-refractivity contribution < 1.29 is 38.1 Å². The van der Waals surface area contributed by atoms with Crippen molar-refractivity contribution in [1.82, 2.24) is 0 Å². The first kappa shape index (κ1) is 23.2. The summed E-state index contributed by atoms with van der Waals surface area (Å²) in [5, 5.41) is 1.31. The molecule has 2 aromatic carbocycles. The Kier molecular flexibility index (Phi) is 6.24. The Labute approximate surface area is 196 Å². The van der Waals surface area contributed by atoms with Crippen LogP contribution in [0.2, 0.25) is 0 Å². The molecule has 0 spiro atoms. The second-order valence-electron chi connectivity index (χ2n) is 7.70. The van der Waals surface area contributed by atoms with E-state index in [1.807, 2.05) is 0 Å². The summed E-state index contributed by atoms with van der Waals surface area (Å²) in [7, 11) is 0. The number of esters is 4. The van der Waals surface area contributed by atoms with Gasteiger partial charge in [-0.2, -0.15) is 0 Å². The van der Waals surface area contributed by atoms with Gasteiger partial charge >= 0.3 is 23.9 Å². The van der Waals surface area contributed by atoms with Crippen molar-refractivity contribution in [2.75, 3.05) is 0 Å². The molecule has 0 aliphatic heterocycles. The van der Waals surface area contributed by atoms with Crippen LogP contribution in [-0.2, 0) is 38.1 Å². The average Bonchev–Trinajstić information content (AvgIpc) is 3.30. The van der Waals surface area contributed by atoms with Crippen LogP contribution in [0, 0.1) is 0 Å². The number of hydrogen-bond donors (Lipinski definition) is 0. The summed E-state index contributed by atoms with van der Waals surface area (Å²) in [5.74, 6) is -1.31. The van der Waals surface area contributed by atoms with Gasteiger partial charge in [0.15, 0.2) is 23.0 Å². The van der Waals surface area contributed by atoms with Gasteiger partial charge in [-0.15, -0.1) is 0 Å². The maximum Gasteiger partial charge on any atom is 0.311 e. The van der Waals surface area contributed by atoms with Gasteiger partial charge in [0.25, 0.3) is 0 Å². The van der Waals surface area contributed by atoms with Gasteiger partial charge in [0, 0.05) is 58.7 Å². The Bertz CT molecular complexity index is 1120. The van der Waals surface area contributed by atoms with Crippen molar-refractivity contribution in [2.24, 2.45) is 0 Å². The molecule has 0 N–H and O–H groups in total. The molecule has 0 amide bonds. The van der Waals surface area contributed by atoms with E-state index in [1.165, 1.54) is 0 Å². The molecule has 0 atom stereocenters. The Morgan fingerprint density at radius 2 is 0.676 bits per heavy atom. The number of carbonyl (C=O) groups is 4. The summed E-state index contributed by atoms with van der Waals surface area (Å²) >= 11 is 0. The predicted octanol–water partition coefficient (Wildman–Crippen LogP) is 4.93. The van der Waals surface area contributed by atoms with Crippen LogP contribution < -0.4 is 0 Å². The molecule has 4 rings (SSSR count). The highest BCUT2D eigenvalue weighted by atomic mass is 16.6. The lowest BCUT2D eigenvalue weighted by Gasteiger charge is -2.11. The number of carbonyl (C=O) groups excluding carboxylic acids is 4. The largest absolute Gasteiger partial charge is 0.422 e. The van der Waals surface area contributed by atoms with Crippen LogP contribution in [0.3, 0.4) is 0 Å². The summed E-state index contributed by atoms with van der Waals surface area (Å²) in [6.45, 7) is 6.67. The summed E-state index contributed by atoms with van der Waals surface area (Å²) in [4.78, 5) is 48.7. The molecular weight excluding hydrogens is 440 g/mol. The molecule has 2 aliphatic carbocycles. The highest BCUT2D eigenvalue weighted by molar-refractivity contribution is 6.21. The zero-order valence-electron chi connectivity index (χ0n) is 19.4. The highest BCUT2D eigenvalue weighted by Crippen LogP contribution is 2.51. The van der Waals surface area contributed by atoms with Gasteiger partial charge in [0.1, 0.15) is 0 Å². The third-order valence-corrected chi connectivity index (χ3v) is 5.57. The lowest BCUT2D eigenvalue weighted by Crippen LogP contribution is -2.07. The molecule has 34 heavy (non-hydrogen) atoms. The molecule has 0 saturated heterocycles. The average molecular weight is 464 g/mol. The number of ether oxygens (including phenoxy) is 4. The molecule has 0 heterocycles. The molecule has 0 unspecified atom stereocenters. The summed E-state index contributed by atoms with van der Waals surface area (Å²) in [6.07, 6.45) is 0.544. The lowest BCUT2D eigenvalue weighted by atomic mass is 9.98. The van der Waals surface area contributed by atoms with Crippen LogP contribution in [0.15, 0.2) is 24.3 Å². The fourth-order valence-corrected chi connectivity index (χ4v) is 3.89. The second kappa shape index (κ2) is 9.13. The van der Waals surface area contributed by atoms with Gasteiger partial charge in [-0.05, 0) is 24.3 Å². The number of hydrogen-bond acceptors (Lipinski definition) is 8. The van der Waals surface area contributed by atoms with Gasteiger partial charge < -0.3 is 18.9 Å². The quantitative estimate of drug-likeness (QED) is 0.400. The molecule has 8 heteroatoms. The van der Waals surface area contributed by atoms with E-state index in [0.29, 0.717) is 33.0 Å². The second-order valence-corrected chi connectivity index (χ2v) is 7.70. The Morgan fingerprint density at radius 3 is 0.853 bits per heavy atom. The van der Waals surface area contributed by atoms with Gasteiger partial charge in [-0.1, -0.05) is 27.7 Å². The van der Waals surface area contributed by atoms with Gasteiger partial charge in [0.2, 0.25) is 0 Å². The van der Waals surface area contributed by atoms with E-state index < -0.39 is 23.9 Å². The monoisotopic (exact) mass is 464 g/mol. The van der Waals surface area contributed by atoms with E-state index >= 15 is 0 Å². The van der Waals surface area contributed by atoms with Crippen molar-refractivity contribution in [2.45, 2.75) is 53.4 Å². The van der Waals surface area contributed by atoms with Crippen molar-refractivity contribution in [3.05, 3.63) is 46.5 Å². The first-order valence-corrected chi connectivity index (χ1v) is 11.3. The van der Waals surface area contributed by atoms with E-state index in [4.69, 9.17) is 18.9 Å². The molecule has 0 bridgehead atoms. The molecule has 2 aliphatic rings. The minimum Gasteiger partial charge on any atom is -0.422 e. The van der Waals surface area contributed by atoms with Gasteiger partial charge in [-0.3, -0.25) is 19.2 Å². The minimum atomic E-state index is -0.478. The fraction of sp³-hybridized carbons (Fsp3) is 0.308. The van der Waals surface area contributed by atoms with Crippen LogP contribution >= 0.6 is 0 Å². The third-order valence-electron chi connectivity index (χ3n) is 5.57. The molecule has 0 fully saturated rings. The van der Waals surface area contributed by atoms with E-state index in [9.17, 15) is 19.2 Å². The van der Waals surface area contributed by atoms with E-state index in [1.54, 1.807) is 52.0 Å². The fourth-order valence-electron chi connectivity index (χ4n) is 3.89. The smallest absolute Gasteiger partial charge is 0.311 e. The van der Waals surface area contributed by atoms with E-state index in [-0.39, 0.29) is 48.7 Å². The zero-order chi connectivity index (χ0) is 24.6. The van der Waals surface area contributed by atoms with Gasteiger partial charge in [-0.25, -0.2) is 0 Å². The van der Waals surface area contributed by atoms with Crippen molar-refractivity contribution in [3.63, 3.8) is 0 Å². The Balaban J connectivity index is 1.94. The molecule has 0 aromatic heterocycles. The molecular formula is C26H24O8. The SMILES string of the molecule is CCC(=O)OC1=C(OC(=O)CC)c2ccc3c4c(ccc1c24)C(OC(=O)CC)=C3OC(=O)CC. The van der Waals surface area contributed by atoms with Crippen LogP contribution in [0.25, 0.3) is 33.8 Å². The summed E-state index contributed by atoms with van der Waals surface area (Å²) in [5.41, 5.74) is 2.22. The number of benzene rings is 2. The maximum atomic E-state index is 12.2. The summed E-state index contributed by atoms with van der Waals surface area (Å²) in [6, 6.07) is 6.83. The summed E-state index contributed by atoms with van der Waals surface area (Å²) < 4.78 is 22.4. The van der Waals surface area contributed by atoms with E-state index in [0.717, 1.165) is 0 Å². The number of rotatable bonds is 8. The van der Waals surface area contributed by atoms with Gasteiger partial charge in [0.05, 0.1) is 0 Å². The molecule has 0 radical (unpaired) electrons. The zero-order valence-corrected chi connectivity index (χ0v) is 19.4. The third kappa shape index (κ3) is 3.75. The standard InChI is InChI=1S/C26H24O8/c1-5-17(27)31-23-13-9-10-15-22-16(12-11-14(21(13)22)24(23)32-18(28)6-2)26(34-20(30)8-4)25(15)33-19(29)7-3/h9-12H,5-8H2,1-4H3. The Hall–Kier alpha value is -3.94. The van der Waals surface area contributed by atoms with Crippen LogP contribution in [0.5, 0.6) is 0 Å². The van der Waals surface area contributed by atoms with Crippen LogP contribution in [-0.4, -0.2) is 23.9 Å². The minimum absolute atomic E-state index is 0.136. The topological polar surface area (TPSA) is 105 Å². The van der Waals surface area contributed by atoms with Crippen LogP contribution in [0.1, 0.15) is 75.6 Å². The Morgan fingerprint density at radius 1 is 0.471 bits per heavy atom. The molecule has 2 aromatic rings.